The number of anilines is 1. The van der Waals surface area contributed by atoms with Crippen LogP contribution < -0.4 is 10.1 Å². The minimum absolute atomic E-state index is 0.0974. The van der Waals surface area contributed by atoms with Crippen molar-refractivity contribution in [2.75, 3.05) is 38.7 Å². The van der Waals surface area contributed by atoms with Gasteiger partial charge >= 0.3 is 5.97 Å². The third kappa shape index (κ3) is 10.6. The summed E-state index contributed by atoms with van der Waals surface area (Å²) < 4.78 is 12.8. The van der Waals surface area contributed by atoms with E-state index in [0.717, 1.165) is 30.4 Å². The molecule has 0 fully saturated rings. The average Bonchev–Trinajstić information content (AvgIpc) is 3.06. The zero-order valence-electron chi connectivity index (χ0n) is 28.4. The van der Waals surface area contributed by atoms with Gasteiger partial charge in [0.1, 0.15) is 5.75 Å². The normalized spacial score (nSPS) is 19.9. The average molecular weight is 660 g/mol. The van der Waals surface area contributed by atoms with Gasteiger partial charge in [0, 0.05) is 37.8 Å². The Morgan fingerprint density at radius 1 is 1.02 bits per heavy atom. The number of aromatic carboxylic acids is 1. The number of rotatable bonds is 10. The van der Waals surface area contributed by atoms with E-state index in [-0.39, 0.29) is 48.5 Å². The van der Waals surface area contributed by atoms with Crippen LogP contribution in [-0.4, -0.2) is 89.4 Å². The van der Waals surface area contributed by atoms with E-state index in [1.165, 1.54) is 0 Å². The van der Waals surface area contributed by atoms with Crippen LogP contribution in [0.3, 0.4) is 0 Å². The summed E-state index contributed by atoms with van der Waals surface area (Å²) in [6.45, 7) is 7.69. The second kappa shape index (κ2) is 17.8. The second-order valence-electron chi connectivity index (χ2n) is 12.9. The Balaban J connectivity index is 1.57. The van der Waals surface area contributed by atoms with E-state index < -0.39 is 12.0 Å². The number of ether oxygens (including phenoxy) is 2. The maximum atomic E-state index is 14.4. The van der Waals surface area contributed by atoms with Gasteiger partial charge in [0.05, 0.1) is 42.4 Å². The van der Waals surface area contributed by atoms with E-state index in [1.54, 1.807) is 35.2 Å². The lowest BCUT2D eigenvalue weighted by Crippen LogP contribution is -2.47. The fraction of sp³-hybridized carbons (Fsp3) is 0.447. The van der Waals surface area contributed by atoms with Gasteiger partial charge in [-0.05, 0) is 81.6 Å². The van der Waals surface area contributed by atoms with Crippen LogP contribution in [0.4, 0.5) is 5.69 Å². The topological polar surface area (TPSA) is 129 Å². The van der Waals surface area contributed by atoms with Gasteiger partial charge in [-0.3, -0.25) is 14.5 Å². The molecule has 0 unspecified atom stereocenters. The van der Waals surface area contributed by atoms with Crippen molar-refractivity contribution in [3.8, 4) is 5.75 Å². The van der Waals surface area contributed by atoms with Crippen molar-refractivity contribution >= 4 is 23.5 Å². The number of hydrogen-bond donors (Lipinski definition) is 3. The minimum atomic E-state index is -0.958. The Bertz CT molecular complexity index is 1500. The summed E-state index contributed by atoms with van der Waals surface area (Å²) in [6.07, 6.45) is 2.35. The van der Waals surface area contributed by atoms with Crippen molar-refractivity contribution in [3.63, 3.8) is 0 Å². The second-order valence-corrected chi connectivity index (χ2v) is 12.9. The molecule has 0 saturated heterocycles. The summed E-state index contributed by atoms with van der Waals surface area (Å²) in [7, 11) is 1.99. The van der Waals surface area contributed by atoms with Crippen LogP contribution in [0.5, 0.6) is 5.75 Å². The number of carboxylic acid groups (broad SMARTS) is 1. The van der Waals surface area contributed by atoms with Crippen molar-refractivity contribution in [1.82, 2.24) is 9.80 Å². The molecule has 4 atom stereocenters. The van der Waals surface area contributed by atoms with Crippen LogP contribution in [0, 0.1) is 5.92 Å². The maximum absolute atomic E-state index is 14.4. The summed E-state index contributed by atoms with van der Waals surface area (Å²) in [4.78, 5) is 42.3. The lowest BCUT2D eigenvalue weighted by Gasteiger charge is -2.36. The van der Waals surface area contributed by atoms with Crippen LogP contribution in [0.1, 0.15) is 71.9 Å². The Labute approximate surface area is 283 Å². The summed E-state index contributed by atoms with van der Waals surface area (Å²) in [6, 6.07) is 21.0. The molecule has 0 aliphatic carbocycles. The number of aliphatic hydroxyl groups is 1. The molecule has 2 amide bonds. The zero-order chi connectivity index (χ0) is 34.6. The molecular weight excluding hydrogens is 610 g/mol. The molecule has 0 radical (unpaired) electrons. The van der Waals surface area contributed by atoms with Gasteiger partial charge in [-0.2, -0.15) is 0 Å². The molecule has 0 spiro atoms. The van der Waals surface area contributed by atoms with Gasteiger partial charge in [0.2, 0.25) is 5.91 Å². The Hall–Kier alpha value is -4.25. The van der Waals surface area contributed by atoms with Gasteiger partial charge in [-0.15, -0.1) is 0 Å². The Morgan fingerprint density at radius 2 is 1.75 bits per heavy atom. The van der Waals surface area contributed by atoms with Crippen molar-refractivity contribution in [2.24, 2.45) is 5.92 Å². The van der Waals surface area contributed by atoms with Crippen LogP contribution in [0.25, 0.3) is 0 Å². The van der Waals surface area contributed by atoms with Crippen molar-refractivity contribution < 1.29 is 34.1 Å². The maximum Gasteiger partial charge on any atom is 0.335 e. The smallest absolute Gasteiger partial charge is 0.335 e. The van der Waals surface area contributed by atoms with Crippen LogP contribution in [-0.2, 0) is 22.5 Å². The number of hydrogen-bond acceptors (Lipinski definition) is 7. The molecule has 4 rings (SSSR count). The first-order valence-corrected chi connectivity index (χ1v) is 16.7. The van der Waals surface area contributed by atoms with Gasteiger partial charge in [-0.25, -0.2) is 4.79 Å². The first-order valence-electron chi connectivity index (χ1n) is 16.7. The number of fused-ring (bicyclic) bond motifs is 1. The van der Waals surface area contributed by atoms with Crippen molar-refractivity contribution in [3.05, 3.63) is 95.1 Å². The fourth-order valence-corrected chi connectivity index (χ4v) is 5.89. The van der Waals surface area contributed by atoms with E-state index in [2.05, 4.69) is 17.1 Å². The molecule has 3 N–H and O–H groups in total. The number of carbonyl (C=O) groups is 3. The number of amides is 2. The van der Waals surface area contributed by atoms with Crippen LogP contribution >= 0.6 is 0 Å². The third-order valence-corrected chi connectivity index (χ3v) is 8.69. The zero-order valence-corrected chi connectivity index (χ0v) is 28.4. The molecule has 258 valence electrons. The SMILES string of the molecule is C[C@H]1CCCCO[C@@H](CN(C)Cc2ccc(C(=O)O)cc2)[C@@H](C)CN([C@@H](C)CO)C(=O)c2cc(NC(=O)Cc3ccccc3)ccc2O1. The number of aliphatic hydroxyl groups excluding tert-OH is 1. The molecule has 48 heavy (non-hydrogen) atoms. The molecular formula is C38H49N3O7. The number of carboxylic acids is 1. The van der Waals surface area contributed by atoms with E-state index in [0.29, 0.717) is 43.2 Å². The predicted octanol–water partition coefficient (Wildman–Crippen LogP) is 5.49. The number of likely N-dealkylation sites (N-methyl/N-ethyl adjacent to an activating group) is 1. The van der Waals surface area contributed by atoms with Gasteiger partial charge in [0.15, 0.2) is 0 Å². The molecule has 10 heteroatoms. The lowest BCUT2D eigenvalue weighted by molar-refractivity contribution is -0.115. The summed E-state index contributed by atoms with van der Waals surface area (Å²) in [5.41, 5.74) is 2.93. The van der Waals surface area contributed by atoms with E-state index >= 15 is 0 Å². The number of nitrogens with zero attached hydrogens (tertiary/aromatic N) is 2. The number of carbonyl (C=O) groups excluding carboxylic acids is 2. The highest BCUT2D eigenvalue weighted by Gasteiger charge is 2.30. The van der Waals surface area contributed by atoms with Gasteiger partial charge in [-0.1, -0.05) is 49.4 Å². The number of benzene rings is 3. The highest BCUT2D eigenvalue weighted by Crippen LogP contribution is 2.29. The minimum Gasteiger partial charge on any atom is -0.490 e. The number of nitrogens with one attached hydrogen (secondary N) is 1. The highest BCUT2D eigenvalue weighted by molar-refractivity contribution is 6.00. The summed E-state index contributed by atoms with van der Waals surface area (Å²) >= 11 is 0. The molecule has 0 saturated carbocycles. The summed E-state index contributed by atoms with van der Waals surface area (Å²) in [5, 5.41) is 22.4. The highest BCUT2D eigenvalue weighted by atomic mass is 16.5. The third-order valence-electron chi connectivity index (χ3n) is 8.69. The largest absolute Gasteiger partial charge is 0.490 e. The predicted molar refractivity (Wildman–Crippen MR) is 185 cm³/mol. The van der Waals surface area contributed by atoms with Crippen LogP contribution in [0.15, 0.2) is 72.8 Å². The molecule has 0 aromatic heterocycles. The van der Waals surface area contributed by atoms with Crippen molar-refractivity contribution in [2.45, 2.75) is 71.2 Å². The molecule has 3 aromatic rings. The molecule has 3 aromatic carbocycles. The monoisotopic (exact) mass is 659 g/mol. The first-order chi connectivity index (χ1) is 23.0. The molecule has 0 bridgehead atoms. The van der Waals surface area contributed by atoms with E-state index in [1.807, 2.05) is 63.4 Å². The molecule has 1 aliphatic rings. The van der Waals surface area contributed by atoms with E-state index in [4.69, 9.17) is 9.47 Å². The molecule has 1 aliphatic heterocycles. The lowest BCUT2D eigenvalue weighted by atomic mass is 10.0. The van der Waals surface area contributed by atoms with Gasteiger partial charge in [0.25, 0.3) is 5.91 Å². The first kappa shape index (κ1) is 36.6. The Kier molecular flexibility index (Phi) is 13.5. The fourth-order valence-electron chi connectivity index (χ4n) is 5.89. The van der Waals surface area contributed by atoms with E-state index in [9.17, 15) is 24.6 Å². The van der Waals surface area contributed by atoms with Gasteiger partial charge < -0.3 is 29.9 Å². The summed E-state index contributed by atoms with van der Waals surface area (Å²) in [5.74, 6) is -1.11. The van der Waals surface area contributed by atoms with Crippen molar-refractivity contribution in [1.29, 1.82) is 0 Å². The molecule has 1 heterocycles. The Morgan fingerprint density at radius 3 is 2.44 bits per heavy atom. The quantitative estimate of drug-likeness (QED) is 0.261. The van der Waals surface area contributed by atoms with Crippen LogP contribution in [0.2, 0.25) is 0 Å². The molecule has 10 nitrogen and oxygen atoms in total. The standard InChI is InChI=1S/C38H49N3O7/c1-26-22-41(27(2)25-42)37(44)33-21-32(39-36(43)20-29-11-6-5-7-12-29)17-18-34(33)48-28(3)10-8-9-19-47-35(26)24-40(4)23-30-13-15-31(16-14-30)38(45)46/h5-7,11-18,21,26-28,35,42H,8-10,19-20,22-25H2,1-4H3,(H,39,43)(H,45,46)/t26-,27-,28-,35-/m0/s1.